The molecule has 1 aromatic carbocycles. The number of amides is 1. The van der Waals surface area contributed by atoms with Gasteiger partial charge in [-0.15, -0.1) is 0 Å². The number of rotatable bonds is 6. The molecule has 2 N–H and O–H groups in total. The number of H-pyrrole nitrogens is 1. The summed E-state index contributed by atoms with van der Waals surface area (Å²) in [5.41, 5.74) is 1.11. The van der Waals surface area contributed by atoms with Gasteiger partial charge in [-0.25, -0.2) is 0 Å². The fourth-order valence-corrected chi connectivity index (χ4v) is 2.91. The van der Waals surface area contributed by atoms with E-state index in [4.69, 9.17) is 4.74 Å². The molecule has 6 nitrogen and oxygen atoms in total. The number of carbonyl (C=O) groups excluding carboxylic acids is 1. The lowest BCUT2D eigenvalue weighted by Gasteiger charge is -2.15. The van der Waals surface area contributed by atoms with Crippen LogP contribution in [0.2, 0.25) is 0 Å². The molecule has 0 spiro atoms. The van der Waals surface area contributed by atoms with Crippen molar-refractivity contribution in [1.29, 1.82) is 0 Å². The number of carbonyl (C=O) groups is 1. The number of aryl methyl sites for hydroxylation is 1. The van der Waals surface area contributed by atoms with E-state index in [1.165, 1.54) is 25.1 Å². The number of aromatic amines is 1. The first-order valence-electron chi connectivity index (χ1n) is 8.58. The molecule has 0 unspecified atom stereocenters. The molecule has 2 heterocycles. The maximum Gasteiger partial charge on any atom is 0.261 e. The van der Waals surface area contributed by atoms with Crippen molar-refractivity contribution in [2.75, 3.05) is 31.6 Å². The molecule has 0 aliphatic carbocycles. The average Bonchev–Trinajstić information content (AvgIpc) is 3.08. The topological polar surface area (TPSA) is 74.4 Å². The summed E-state index contributed by atoms with van der Waals surface area (Å²) in [6.07, 6.45) is 3.96. The number of nitrogens with zero attached hydrogens (tertiary/aromatic N) is 1. The predicted octanol–water partition coefficient (Wildman–Crippen LogP) is 2.41. The number of nitrogens with one attached hydrogen (secondary N) is 2. The molecule has 0 atom stereocenters. The molecular weight excluding hydrogens is 318 g/mol. The van der Waals surface area contributed by atoms with Crippen molar-refractivity contribution in [1.82, 2.24) is 9.88 Å². The van der Waals surface area contributed by atoms with E-state index in [2.05, 4.69) is 15.2 Å². The lowest BCUT2D eigenvalue weighted by Crippen LogP contribution is -2.25. The summed E-state index contributed by atoms with van der Waals surface area (Å²) in [6.45, 7) is 5.59. The third-order valence-electron chi connectivity index (χ3n) is 4.27. The summed E-state index contributed by atoms with van der Waals surface area (Å²) >= 11 is 0. The van der Waals surface area contributed by atoms with E-state index in [0.717, 1.165) is 25.3 Å². The van der Waals surface area contributed by atoms with Gasteiger partial charge in [0.15, 0.2) is 5.43 Å². The Morgan fingerprint density at radius 1 is 1.28 bits per heavy atom. The van der Waals surface area contributed by atoms with Gasteiger partial charge in [-0.05, 0) is 45.0 Å². The van der Waals surface area contributed by atoms with Gasteiger partial charge in [0.2, 0.25) is 0 Å². The molecule has 1 saturated heterocycles. The third kappa shape index (κ3) is 4.70. The minimum absolute atomic E-state index is 0.0888. The number of likely N-dealkylation sites (tertiary alicyclic amines) is 1. The number of hydrogen-bond acceptors (Lipinski definition) is 4. The zero-order valence-electron chi connectivity index (χ0n) is 14.4. The highest BCUT2D eigenvalue weighted by atomic mass is 16.5. The molecule has 25 heavy (non-hydrogen) atoms. The molecule has 2 aromatic rings. The molecule has 1 fully saturated rings. The van der Waals surface area contributed by atoms with Gasteiger partial charge in [0, 0.05) is 36.3 Å². The third-order valence-corrected chi connectivity index (χ3v) is 4.27. The number of anilines is 1. The van der Waals surface area contributed by atoms with Crippen LogP contribution >= 0.6 is 0 Å². The zero-order valence-corrected chi connectivity index (χ0v) is 14.4. The van der Waals surface area contributed by atoms with Gasteiger partial charge in [-0.2, -0.15) is 0 Å². The highest BCUT2D eigenvalue weighted by molar-refractivity contribution is 6.04. The van der Waals surface area contributed by atoms with E-state index in [9.17, 15) is 9.59 Å². The van der Waals surface area contributed by atoms with E-state index in [1.807, 2.05) is 12.1 Å². The van der Waals surface area contributed by atoms with Crippen LogP contribution in [-0.2, 0) is 0 Å². The number of pyridine rings is 1. The Morgan fingerprint density at radius 3 is 2.84 bits per heavy atom. The second-order valence-electron chi connectivity index (χ2n) is 6.27. The van der Waals surface area contributed by atoms with E-state index < -0.39 is 5.91 Å². The molecule has 0 bridgehead atoms. The molecule has 3 rings (SSSR count). The Hall–Kier alpha value is -2.60. The van der Waals surface area contributed by atoms with Crippen LogP contribution < -0.4 is 15.5 Å². The van der Waals surface area contributed by atoms with Crippen LogP contribution in [0.4, 0.5) is 5.69 Å². The number of benzene rings is 1. The Bertz CT molecular complexity index is 794. The van der Waals surface area contributed by atoms with Crippen molar-refractivity contribution in [3.63, 3.8) is 0 Å². The first-order valence-corrected chi connectivity index (χ1v) is 8.58. The van der Waals surface area contributed by atoms with Crippen LogP contribution in [0.25, 0.3) is 0 Å². The average molecular weight is 341 g/mol. The minimum atomic E-state index is -0.435. The monoisotopic (exact) mass is 341 g/mol. The fourth-order valence-electron chi connectivity index (χ4n) is 2.91. The van der Waals surface area contributed by atoms with Crippen molar-refractivity contribution in [2.45, 2.75) is 19.8 Å². The second-order valence-corrected chi connectivity index (χ2v) is 6.27. The van der Waals surface area contributed by atoms with Crippen molar-refractivity contribution in [2.24, 2.45) is 0 Å². The summed E-state index contributed by atoms with van der Waals surface area (Å²) in [5, 5.41) is 2.74. The van der Waals surface area contributed by atoms with E-state index in [-0.39, 0.29) is 11.0 Å². The van der Waals surface area contributed by atoms with Gasteiger partial charge in [-0.3, -0.25) is 14.5 Å². The van der Waals surface area contributed by atoms with Gasteiger partial charge in [0.25, 0.3) is 5.91 Å². The van der Waals surface area contributed by atoms with Crippen molar-refractivity contribution in [3.05, 3.63) is 58.0 Å². The quantitative estimate of drug-likeness (QED) is 0.846. The van der Waals surface area contributed by atoms with Crippen LogP contribution in [0.1, 0.15) is 28.9 Å². The molecule has 1 aromatic heterocycles. The maximum absolute atomic E-state index is 12.3. The number of hydrogen-bond donors (Lipinski definition) is 2. The Balaban J connectivity index is 1.58. The Kier molecular flexibility index (Phi) is 5.50. The standard InChI is InChI=1S/C19H23N3O3/c1-14-11-18(23)17(13-20-14)19(24)21-15-5-4-6-16(12-15)25-10-9-22-7-2-3-8-22/h4-6,11-13H,2-3,7-10H2,1H3,(H,20,23)(H,21,24). The van der Waals surface area contributed by atoms with Crippen LogP contribution in [-0.4, -0.2) is 42.0 Å². The molecule has 0 radical (unpaired) electrons. The second kappa shape index (κ2) is 7.98. The van der Waals surface area contributed by atoms with Gasteiger partial charge in [0.1, 0.15) is 17.9 Å². The maximum atomic E-state index is 12.3. The molecule has 0 saturated carbocycles. The normalized spacial score (nSPS) is 14.4. The fraction of sp³-hybridized carbons (Fsp3) is 0.368. The molecule has 6 heteroatoms. The van der Waals surface area contributed by atoms with Crippen LogP contribution in [0, 0.1) is 6.92 Å². The Labute approximate surface area is 146 Å². The van der Waals surface area contributed by atoms with Crippen LogP contribution in [0.5, 0.6) is 5.75 Å². The van der Waals surface area contributed by atoms with Gasteiger partial charge in [0.05, 0.1) is 0 Å². The lowest BCUT2D eigenvalue weighted by atomic mass is 10.2. The van der Waals surface area contributed by atoms with Gasteiger partial charge < -0.3 is 15.0 Å². The smallest absolute Gasteiger partial charge is 0.261 e. The predicted molar refractivity (Wildman–Crippen MR) is 97.4 cm³/mol. The summed E-state index contributed by atoms with van der Waals surface area (Å²) < 4.78 is 5.77. The van der Waals surface area contributed by atoms with E-state index >= 15 is 0 Å². The molecule has 132 valence electrons. The van der Waals surface area contributed by atoms with Gasteiger partial charge in [-0.1, -0.05) is 6.07 Å². The van der Waals surface area contributed by atoms with Crippen molar-refractivity contribution < 1.29 is 9.53 Å². The minimum Gasteiger partial charge on any atom is -0.492 e. The highest BCUT2D eigenvalue weighted by Crippen LogP contribution is 2.18. The molecular formula is C19H23N3O3. The summed E-state index contributed by atoms with van der Waals surface area (Å²) in [7, 11) is 0. The first-order chi connectivity index (χ1) is 12.1. The highest BCUT2D eigenvalue weighted by Gasteiger charge is 2.12. The summed E-state index contributed by atoms with van der Waals surface area (Å²) in [5.74, 6) is 0.269. The molecule has 1 aliphatic heterocycles. The summed E-state index contributed by atoms with van der Waals surface area (Å²) in [4.78, 5) is 29.4. The van der Waals surface area contributed by atoms with Crippen LogP contribution in [0.3, 0.4) is 0 Å². The zero-order chi connectivity index (χ0) is 17.6. The first kappa shape index (κ1) is 17.2. The van der Waals surface area contributed by atoms with E-state index in [1.54, 1.807) is 19.1 Å². The van der Waals surface area contributed by atoms with Crippen molar-refractivity contribution >= 4 is 11.6 Å². The summed E-state index contributed by atoms with van der Waals surface area (Å²) in [6, 6.07) is 8.63. The molecule has 1 aliphatic rings. The van der Waals surface area contributed by atoms with E-state index in [0.29, 0.717) is 18.0 Å². The largest absolute Gasteiger partial charge is 0.492 e. The van der Waals surface area contributed by atoms with Gasteiger partial charge >= 0.3 is 0 Å². The molecule has 1 amide bonds. The number of ether oxygens (including phenoxy) is 1. The lowest BCUT2D eigenvalue weighted by molar-refractivity contribution is 0.102. The SMILES string of the molecule is Cc1cc(=O)c(C(=O)Nc2cccc(OCCN3CCCC3)c2)c[nH]1. The number of aromatic nitrogens is 1. The van der Waals surface area contributed by atoms with Crippen molar-refractivity contribution in [3.8, 4) is 5.75 Å². The van der Waals surface area contributed by atoms with Crippen LogP contribution in [0.15, 0.2) is 41.3 Å². The Morgan fingerprint density at radius 2 is 2.08 bits per heavy atom.